The number of hydrogen-bond acceptors (Lipinski definition) is 4. The fourth-order valence-electron chi connectivity index (χ4n) is 5.63. The summed E-state index contributed by atoms with van der Waals surface area (Å²) >= 11 is 0. The van der Waals surface area contributed by atoms with Crippen molar-refractivity contribution in [2.45, 2.75) is 37.8 Å². The third kappa shape index (κ3) is 3.04. The Morgan fingerprint density at radius 2 is 2.07 bits per heavy atom. The third-order valence-electron chi connectivity index (χ3n) is 6.88. The summed E-state index contributed by atoms with van der Waals surface area (Å²) in [5, 5.41) is 10.1. The minimum atomic E-state index is -0.181. The summed E-state index contributed by atoms with van der Waals surface area (Å²) in [6.07, 6.45) is 6.85. The molecule has 152 valence electrons. The van der Waals surface area contributed by atoms with E-state index in [9.17, 15) is 14.7 Å². The second-order valence-corrected chi connectivity index (χ2v) is 8.46. The van der Waals surface area contributed by atoms with E-state index in [-0.39, 0.29) is 42.3 Å². The maximum absolute atomic E-state index is 13.5. The van der Waals surface area contributed by atoms with Crippen LogP contribution in [0.15, 0.2) is 36.7 Å². The van der Waals surface area contributed by atoms with E-state index in [4.69, 9.17) is 0 Å². The van der Waals surface area contributed by atoms with Crippen molar-refractivity contribution in [1.82, 2.24) is 19.8 Å². The summed E-state index contributed by atoms with van der Waals surface area (Å²) < 4.78 is 0. The van der Waals surface area contributed by atoms with Crippen LogP contribution < -0.4 is 0 Å². The molecule has 3 aliphatic heterocycles. The highest BCUT2D eigenvalue weighted by atomic mass is 16.3. The number of H-pyrrole nitrogens is 1. The first-order valence-electron chi connectivity index (χ1n) is 10.5. The number of nitrogens with one attached hydrogen (secondary N) is 1. The minimum Gasteiger partial charge on any atom is -0.394 e. The number of hydrogen-bond donors (Lipinski definition) is 2. The standard InChI is InChI=1S/C22H26N4O3/c27-13-19-15-10-14(18-6-3-7-20(28)26(18)19)11-25(12-15)22(29)17-5-2-1-4-16(17)21-23-8-9-24-21/h1-2,4-5,8-9,14-15,18-19,27H,3,6-7,10-13H2,(H,23,24)/t14-,15+,18+,19+/m1/s1. The monoisotopic (exact) mass is 394 g/mol. The van der Waals surface area contributed by atoms with Crippen LogP contribution in [0.2, 0.25) is 0 Å². The van der Waals surface area contributed by atoms with Crippen molar-refractivity contribution in [3.63, 3.8) is 0 Å². The Morgan fingerprint density at radius 1 is 1.24 bits per heavy atom. The Morgan fingerprint density at radius 3 is 2.86 bits per heavy atom. The SMILES string of the molecule is O=C(c1ccccc1-c1ncc[nH]1)N1C[C@H]2C[C@@H](C1)[C@H](CO)N1C(=O)CCC[C@@H]21. The zero-order valence-corrected chi connectivity index (χ0v) is 16.3. The van der Waals surface area contributed by atoms with E-state index in [0.29, 0.717) is 30.9 Å². The number of rotatable bonds is 3. The summed E-state index contributed by atoms with van der Waals surface area (Å²) in [5.41, 5.74) is 1.44. The van der Waals surface area contributed by atoms with Gasteiger partial charge in [-0.15, -0.1) is 0 Å². The first-order chi connectivity index (χ1) is 14.2. The second kappa shape index (κ2) is 7.30. The first-order valence-corrected chi connectivity index (χ1v) is 10.5. The number of aromatic nitrogens is 2. The van der Waals surface area contributed by atoms with E-state index < -0.39 is 0 Å². The lowest BCUT2D eigenvalue weighted by atomic mass is 9.72. The van der Waals surface area contributed by atoms with Gasteiger partial charge in [-0.2, -0.15) is 0 Å². The molecule has 3 fully saturated rings. The number of aliphatic hydroxyl groups is 1. The lowest BCUT2D eigenvalue weighted by Gasteiger charge is -2.56. The van der Waals surface area contributed by atoms with Gasteiger partial charge in [-0.25, -0.2) is 4.98 Å². The van der Waals surface area contributed by atoms with Crippen molar-refractivity contribution < 1.29 is 14.7 Å². The molecule has 2 N–H and O–H groups in total. The molecule has 1 aromatic carbocycles. The van der Waals surface area contributed by atoms with E-state index >= 15 is 0 Å². The van der Waals surface area contributed by atoms with Gasteiger partial charge in [-0.1, -0.05) is 18.2 Å². The molecule has 3 saturated heterocycles. The summed E-state index contributed by atoms with van der Waals surface area (Å²) in [7, 11) is 0. The van der Waals surface area contributed by atoms with Gasteiger partial charge in [0, 0.05) is 43.5 Å². The summed E-state index contributed by atoms with van der Waals surface area (Å²) in [6.45, 7) is 1.20. The molecule has 5 rings (SSSR count). The molecule has 3 aliphatic rings. The molecule has 2 bridgehead atoms. The number of amides is 2. The molecule has 0 spiro atoms. The van der Waals surface area contributed by atoms with E-state index in [2.05, 4.69) is 9.97 Å². The Balaban J connectivity index is 1.44. The normalized spacial score (nSPS) is 28.9. The van der Waals surface area contributed by atoms with Crippen LogP contribution in [0.1, 0.15) is 36.0 Å². The molecule has 7 heteroatoms. The molecule has 1 aromatic heterocycles. The van der Waals surface area contributed by atoms with Gasteiger partial charge >= 0.3 is 0 Å². The number of nitrogens with zero attached hydrogens (tertiary/aromatic N) is 3. The van der Waals surface area contributed by atoms with Crippen molar-refractivity contribution in [2.75, 3.05) is 19.7 Å². The Hall–Kier alpha value is -2.67. The number of aliphatic hydroxyl groups excluding tert-OH is 1. The van der Waals surface area contributed by atoms with E-state index in [1.807, 2.05) is 34.1 Å². The molecule has 4 heterocycles. The van der Waals surface area contributed by atoms with Gasteiger partial charge in [0.1, 0.15) is 5.82 Å². The highest BCUT2D eigenvalue weighted by Crippen LogP contribution is 2.42. The minimum absolute atomic E-state index is 0.000948. The third-order valence-corrected chi connectivity index (χ3v) is 6.88. The van der Waals surface area contributed by atoms with Gasteiger partial charge in [-0.05, 0) is 37.2 Å². The molecule has 2 aromatic rings. The van der Waals surface area contributed by atoms with E-state index in [1.54, 1.807) is 12.4 Å². The van der Waals surface area contributed by atoms with Gasteiger partial charge in [0.15, 0.2) is 0 Å². The van der Waals surface area contributed by atoms with Gasteiger partial charge in [0.05, 0.1) is 18.2 Å². The zero-order chi connectivity index (χ0) is 20.0. The maximum Gasteiger partial charge on any atom is 0.254 e. The molecule has 7 nitrogen and oxygen atoms in total. The van der Waals surface area contributed by atoms with Crippen LogP contribution in [0.25, 0.3) is 11.4 Å². The van der Waals surface area contributed by atoms with E-state index in [0.717, 1.165) is 24.8 Å². The van der Waals surface area contributed by atoms with Crippen LogP contribution in [0, 0.1) is 11.8 Å². The van der Waals surface area contributed by atoms with Crippen LogP contribution >= 0.6 is 0 Å². The van der Waals surface area contributed by atoms with Crippen molar-refractivity contribution in [2.24, 2.45) is 11.8 Å². The van der Waals surface area contributed by atoms with Crippen LogP contribution in [-0.2, 0) is 4.79 Å². The van der Waals surface area contributed by atoms with Gasteiger partial charge in [0.25, 0.3) is 5.91 Å². The predicted molar refractivity (Wildman–Crippen MR) is 107 cm³/mol. The maximum atomic E-state index is 13.5. The molecule has 4 atom stereocenters. The van der Waals surface area contributed by atoms with Crippen LogP contribution in [-0.4, -0.2) is 68.5 Å². The summed E-state index contributed by atoms with van der Waals surface area (Å²) in [5.74, 6) is 1.25. The molecular weight excluding hydrogens is 368 g/mol. The van der Waals surface area contributed by atoms with Crippen LogP contribution in [0.4, 0.5) is 0 Å². The number of benzene rings is 1. The number of carbonyl (C=O) groups is 2. The molecule has 0 unspecified atom stereocenters. The van der Waals surface area contributed by atoms with Crippen LogP contribution in [0.3, 0.4) is 0 Å². The molecule has 2 amide bonds. The number of aromatic amines is 1. The first kappa shape index (κ1) is 18.4. The zero-order valence-electron chi connectivity index (χ0n) is 16.3. The second-order valence-electron chi connectivity index (χ2n) is 8.46. The number of imidazole rings is 1. The number of fused-ring (bicyclic) bond motifs is 4. The van der Waals surface area contributed by atoms with E-state index in [1.165, 1.54) is 0 Å². The smallest absolute Gasteiger partial charge is 0.254 e. The van der Waals surface area contributed by atoms with Crippen molar-refractivity contribution in [1.29, 1.82) is 0 Å². The predicted octanol–water partition coefficient (Wildman–Crippen LogP) is 1.91. The highest BCUT2D eigenvalue weighted by molar-refractivity contribution is 6.00. The Kier molecular flexibility index (Phi) is 4.62. The summed E-state index contributed by atoms with van der Waals surface area (Å²) in [4.78, 5) is 37.4. The van der Waals surface area contributed by atoms with Crippen LogP contribution in [0.5, 0.6) is 0 Å². The van der Waals surface area contributed by atoms with Gasteiger partial charge < -0.3 is 19.9 Å². The molecule has 0 aliphatic carbocycles. The average Bonchev–Trinajstić information content (AvgIpc) is 3.29. The molecule has 0 radical (unpaired) electrons. The fourth-order valence-corrected chi connectivity index (χ4v) is 5.63. The number of piperidine rings is 3. The molecular formula is C22H26N4O3. The number of likely N-dealkylation sites (tertiary alicyclic amines) is 1. The Bertz CT molecular complexity index is 899. The average molecular weight is 394 g/mol. The number of carbonyl (C=O) groups excluding carboxylic acids is 2. The highest BCUT2D eigenvalue weighted by Gasteiger charge is 2.49. The van der Waals surface area contributed by atoms with Crippen molar-refractivity contribution in [3.05, 3.63) is 42.2 Å². The summed E-state index contributed by atoms with van der Waals surface area (Å²) in [6, 6.07) is 7.51. The van der Waals surface area contributed by atoms with Gasteiger partial charge in [-0.3, -0.25) is 9.59 Å². The van der Waals surface area contributed by atoms with Crippen molar-refractivity contribution in [3.8, 4) is 11.4 Å². The van der Waals surface area contributed by atoms with Gasteiger partial charge in [0.2, 0.25) is 5.91 Å². The topological polar surface area (TPSA) is 89.5 Å². The quantitative estimate of drug-likeness (QED) is 0.832. The lowest BCUT2D eigenvalue weighted by Crippen LogP contribution is -2.66. The molecule has 0 saturated carbocycles. The van der Waals surface area contributed by atoms with Crippen molar-refractivity contribution >= 4 is 11.8 Å². The Labute approximate surface area is 169 Å². The fraction of sp³-hybridized carbons (Fsp3) is 0.500. The molecule has 29 heavy (non-hydrogen) atoms. The largest absolute Gasteiger partial charge is 0.394 e. The lowest BCUT2D eigenvalue weighted by molar-refractivity contribution is -0.154.